The van der Waals surface area contributed by atoms with E-state index in [1.54, 1.807) is 6.92 Å². The summed E-state index contributed by atoms with van der Waals surface area (Å²) in [6.45, 7) is 1.48. The molecule has 2 aliphatic rings. The molecule has 1 aromatic carbocycles. The first kappa shape index (κ1) is 24.7. The van der Waals surface area contributed by atoms with Crippen LogP contribution in [0.15, 0.2) is 16.9 Å². The summed E-state index contributed by atoms with van der Waals surface area (Å²) in [6, 6.07) is -0.0429. The smallest absolute Gasteiger partial charge is 0.274 e. The molecular weight excluding hydrogens is 493 g/mol. The maximum atomic E-state index is 14.0. The van der Waals surface area contributed by atoms with Crippen molar-refractivity contribution < 1.29 is 36.3 Å². The van der Waals surface area contributed by atoms with Gasteiger partial charge in [0, 0.05) is 25.2 Å². The summed E-state index contributed by atoms with van der Waals surface area (Å²) in [5.74, 6) is -7.44. The number of hydrogen-bond acceptors (Lipinski definition) is 6. The maximum Gasteiger partial charge on any atom is 0.274 e. The summed E-state index contributed by atoms with van der Waals surface area (Å²) in [4.78, 5) is 40.4. The van der Waals surface area contributed by atoms with Gasteiger partial charge in [-0.25, -0.2) is 26.3 Å². The molecule has 0 saturated carbocycles. The van der Waals surface area contributed by atoms with Gasteiger partial charge >= 0.3 is 0 Å². The Morgan fingerprint density at radius 3 is 2.51 bits per heavy atom. The first-order chi connectivity index (χ1) is 16.4. The molecule has 0 aliphatic carbocycles. The van der Waals surface area contributed by atoms with Crippen molar-refractivity contribution in [3.63, 3.8) is 0 Å². The number of likely N-dealkylation sites (N-methyl/N-ethyl adjacent to an activating group) is 1. The fraction of sp³-hybridized carbons (Fsp3) is 0.381. The molecule has 2 aliphatic heterocycles. The van der Waals surface area contributed by atoms with Crippen molar-refractivity contribution in [1.29, 1.82) is 0 Å². The van der Waals surface area contributed by atoms with E-state index < -0.39 is 80.2 Å². The minimum absolute atomic E-state index is 0.0881. The number of amides is 2. The van der Waals surface area contributed by atoms with Gasteiger partial charge < -0.3 is 19.9 Å². The summed E-state index contributed by atoms with van der Waals surface area (Å²) in [7, 11) is -3.83. The normalized spacial score (nSPS) is 19.1. The van der Waals surface area contributed by atoms with Gasteiger partial charge in [0.15, 0.2) is 28.9 Å². The molecule has 14 heteroatoms. The second kappa shape index (κ2) is 8.68. The van der Waals surface area contributed by atoms with Crippen LogP contribution in [-0.2, 0) is 16.6 Å². The second-order valence-corrected chi connectivity index (χ2v) is 10.1. The van der Waals surface area contributed by atoms with E-state index in [0.717, 1.165) is 12.3 Å². The Morgan fingerprint density at radius 1 is 1.20 bits per heavy atom. The standard InChI is InChI=1S/C21H21F3N4O6S/c1-3-27-8-10-6-12(26-35(2,33)34)16-13(18(29)19(30)17(21(27)32)28(10)16)20(31)25-7-9-4-5-11(22)15(24)14(9)23/h4-5,10,12,26,30H,3,6-8H2,1-2H3,(H,25,31)/t10?,12-/m0/s1. The Hall–Kier alpha value is -3.39. The van der Waals surface area contributed by atoms with E-state index in [9.17, 15) is 41.1 Å². The molecule has 1 aromatic heterocycles. The SMILES string of the molecule is CCN1CC2C[C@H](NS(C)(=O)=O)c3c(C(=O)NCc4ccc(F)c(F)c4F)c(=O)c(O)c(n32)C1=O. The van der Waals surface area contributed by atoms with Gasteiger partial charge in [0.25, 0.3) is 11.8 Å². The molecule has 0 fully saturated rings. The second-order valence-electron chi connectivity index (χ2n) is 8.35. The first-order valence-corrected chi connectivity index (χ1v) is 12.4. The number of nitrogens with one attached hydrogen (secondary N) is 2. The van der Waals surface area contributed by atoms with Gasteiger partial charge in [0.2, 0.25) is 15.5 Å². The van der Waals surface area contributed by atoms with Crippen LogP contribution < -0.4 is 15.5 Å². The zero-order valence-electron chi connectivity index (χ0n) is 18.6. The minimum atomic E-state index is -3.83. The van der Waals surface area contributed by atoms with Crippen LogP contribution in [0.3, 0.4) is 0 Å². The lowest BCUT2D eigenvalue weighted by molar-refractivity contribution is 0.0675. The zero-order valence-corrected chi connectivity index (χ0v) is 19.4. The monoisotopic (exact) mass is 514 g/mol. The number of rotatable bonds is 6. The van der Waals surface area contributed by atoms with E-state index in [0.29, 0.717) is 6.07 Å². The van der Waals surface area contributed by atoms with E-state index >= 15 is 0 Å². The van der Waals surface area contributed by atoms with Crippen LogP contribution in [0.1, 0.15) is 57.5 Å². The Kier molecular flexibility index (Phi) is 6.13. The molecule has 10 nitrogen and oxygen atoms in total. The molecule has 188 valence electrons. The summed E-state index contributed by atoms with van der Waals surface area (Å²) in [6.07, 6.45) is 0.976. The average molecular weight is 514 g/mol. The van der Waals surface area contributed by atoms with E-state index in [1.807, 2.05) is 0 Å². The van der Waals surface area contributed by atoms with Crippen LogP contribution in [0.25, 0.3) is 0 Å². The fourth-order valence-electron chi connectivity index (χ4n) is 4.58. The molecule has 0 radical (unpaired) electrons. The van der Waals surface area contributed by atoms with Gasteiger partial charge in [-0.1, -0.05) is 6.07 Å². The van der Waals surface area contributed by atoms with Crippen molar-refractivity contribution in [1.82, 2.24) is 19.5 Å². The van der Waals surface area contributed by atoms with Gasteiger partial charge in [-0.3, -0.25) is 14.4 Å². The van der Waals surface area contributed by atoms with Gasteiger partial charge in [-0.05, 0) is 19.4 Å². The topological polar surface area (TPSA) is 138 Å². The van der Waals surface area contributed by atoms with E-state index in [2.05, 4.69) is 10.0 Å². The highest BCUT2D eigenvalue weighted by atomic mass is 32.2. The number of sulfonamides is 1. The lowest BCUT2D eigenvalue weighted by atomic mass is 10.0. The number of aromatic nitrogens is 1. The highest BCUT2D eigenvalue weighted by molar-refractivity contribution is 7.88. The molecule has 0 spiro atoms. The summed E-state index contributed by atoms with van der Waals surface area (Å²) >= 11 is 0. The van der Waals surface area contributed by atoms with Crippen LogP contribution in [0.2, 0.25) is 0 Å². The average Bonchev–Trinajstić information content (AvgIpc) is 3.11. The van der Waals surface area contributed by atoms with Crippen LogP contribution >= 0.6 is 0 Å². The highest BCUT2D eigenvalue weighted by Gasteiger charge is 2.45. The highest BCUT2D eigenvalue weighted by Crippen LogP contribution is 2.42. The first-order valence-electron chi connectivity index (χ1n) is 10.5. The van der Waals surface area contributed by atoms with Crippen molar-refractivity contribution in [2.24, 2.45) is 0 Å². The molecule has 0 saturated heterocycles. The van der Waals surface area contributed by atoms with Crippen molar-refractivity contribution in [3.8, 4) is 5.75 Å². The number of benzene rings is 1. The predicted molar refractivity (Wildman–Crippen MR) is 116 cm³/mol. The quantitative estimate of drug-likeness (QED) is 0.490. The molecule has 2 atom stereocenters. The van der Waals surface area contributed by atoms with Crippen molar-refractivity contribution in [2.75, 3.05) is 19.3 Å². The molecule has 2 aromatic rings. The van der Waals surface area contributed by atoms with Crippen molar-refractivity contribution >= 4 is 21.8 Å². The number of aromatic hydroxyl groups is 1. The van der Waals surface area contributed by atoms with E-state index in [1.165, 1.54) is 9.47 Å². The summed E-state index contributed by atoms with van der Waals surface area (Å²) in [5.41, 5.74) is -2.75. The summed E-state index contributed by atoms with van der Waals surface area (Å²) < 4.78 is 68.3. The van der Waals surface area contributed by atoms with Gasteiger partial charge in [0.05, 0.1) is 24.0 Å². The molecule has 4 rings (SSSR count). The third-order valence-corrected chi connectivity index (χ3v) is 6.78. The lowest BCUT2D eigenvalue weighted by Gasteiger charge is -2.33. The summed E-state index contributed by atoms with van der Waals surface area (Å²) in [5, 5.41) is 12.8. The van der Waals surface area contributed by atoms with Crippen LogP contribution in [0.4, 0.5) is 13.2 Å². The molecule has 3 heterocycles. The molecular formula is C21H21F3N4O6S. The lowest BCUT2D eigenvalue weighted by Crippen LogP contribution is -2.44. The van der Waals surface area contributed by atoms with Crippen molar-refractivity contribution in [3.05, 3.63) is 62.3 Å². The van der Waals surface area contributed by atoms with Crippen molar-refractivity contribution in [2.45, 2.75) is 32.0 Å². The number of pyridine rings is 1. The Bertz CT molecular complexity index is 1430. The Balaban J connectivity index is 1.82. The molecule has 3 N–H and O–H groups in total. The fourth-order valence-corrected chi connectivity index (χ4v) is 5.30. The molecule has 35 heavy (non-hydrogen) atoms. The van der Waals surface area contributed by atoms with Gasteiger partial charge in [-0.15, -0.1) is 0 Å². The van der Waals surface area contributed by atoms with Crippen LogP contribution in [-0.4, -0.2) is 54.2 Å². The Morgan fingerprint density at radius 2 is 1.89 bits per heavy atom. The largest absolute Gasteiger partial charge is 0.503 e. The van der Waals surface area contributed by atoms with E-state index in [4.69, 9.17) is 0 Å². The minimum Gasteiger partial charge on any atom is -0.503 e. The number of carbonyl (C=O) groups excluding carboxylic acids is 2. The molecule has 0 bridgehead atoms. The molecule has 1 unspecified atom stereocenters. The number of halogens is 3. The Labute approximate surface area is 197 Å². The zero-order chi connectivity index (χ0) is 25.8. The third kappa shape index (κ3) is 4.16. The predicted octanol–water partition coefficient (Wildman–Crippen LogP) is 0.912. The number of hydrogen-bond donors (Lipinski definition) is 3. The molecule has 2 amide bonds. The number of nitrogens with zero attached hydrogens (tertiary/aromatic N) is 2. The maximum absolute atomic E-state index is 14.0. The number of carbonyl (C=O) groups is 2. The van der Waals surface area contributed by atoms with Gasteiger partial charge in [-0.2, -0.15) is 0 Å². The third-order valence-electron chi connectivity index (χ3n) is 6.07. The van der Waals surface area contributed by atoms with Gasteiger partial charge in [0.1, 0.15) is 5.56 Å². The van der Waals surface area contributed by atoms with Crippen LogP contribution in [0.5, 0.6) is 5.75 Å². The van der Waals surface area contributed by atoms with Crippen LogP contribution in [0, 0.1) is 17.5 Å². The van der Waals surface area contributed by atoms with E-state index in [-0.39, 0.29) is 30.9 Å².